The molecule has 1 aliphatic rings. The number of pyridine rings is 1. The molecule has 0 saturated carbocycles. The van der Waals surface area contributed by atoms with Crippen molar-refractivity contribution in [3.63, 3.8) is 0 Å². The van der Waals surface area contributed by atoms with Crippen molar-refractivity contribution in [1.82, 2.24) is 15.6 Å². The van der Waals surface area contributed by atoms with E-state index < -0.39 is 11.9 Å². The first-order valence-corrected chi connectivity index (χ1v) is 10.2. The number of rotatable bonds is 10. The van der Waals surface area contributed by atoms with E-state index in [1.807, 2.05) is 0 Å². The number of carbonyl (C=O) groups excluding carboxylic acids is 3. The van der Waals surface area contributed by atoms with Crippen LogP contribution in [0.25, 0.3) is 11.1 Å². The quantitative estimate of drug-likeness (QED) is 0.214. The van der Waals surface area contributed by atoms with Crippen LogP contribution in [0.5, 0.6) is 0 Å². The van der Waals surface area contributed by atoms with Crippen LogP contribution in [0.15, 0.2) is 36.5 Å². The number of benzene rings is 1. The second-order valence-electron chi connectivity index (χ2n) is 6.87. The van der Waals surface area contributed by atoms with Gasteiger partial charge in [0.2, 0.25) is 6.41 Å². The van der Waals surface area contributed by atoms with E-state index >= 15 is 0 Å². The number of nitrogens with one attached hydrogen (secondary N) is 3. The van der Waals surface area contributed by atoms with Gasteiger partial charge in [-0.15, -0.1) is 0 Å². The Balaban J connectivity index is 0.00000122. The summed E-state index contributed by atoms with van der Waals surface area (Å²) >= 11 is 0. The molecule has 10 nitrogen and oxygen atoms in total. The normalized spacial score (nSPS) is 14.6. The van der Waals surface area contributed by atoms with Crippen LogP contribution < -0.4 is 20.4 Å². The van der Waals surface area contributed by atoms with Crippen molar-refractivity contribution in [2.24, 2.45) is 0 Å². The highest BCUT2D eigenvalue weighted by molar-refractivity contribution is 5.90. The number of halogens is 1. The second kappa shape index (κ2) is 12.9. The second-order valence-corrected chi connectivity index (χ2v) is 6.87. The fraction of sp³-hybridized carbons (Fsp3) is 0.318. The van der Waals surface area contributed by atoms with E-state index in [4.69, 9.17) is 14.9 Å². The summed E-state index contributed by atoms with van der Waals surface area (Å²) in [6, 6.07) is 7.96. The summed E-state index contributed by atoms with van der Waals surface area (Å²) in [4.78, 5) is 38.5. The van der Waals surface area contributed by atoms with Crippen LogP contribution in [0, 0.1) is 11.2 Å². The van der Waals surface area contributed by atoms with Crippen molar-refractivity contribution < 1.29 is 23.5 Å². The van der Waals surface area contributed by atoms with Crippen molar-refractivity contribution in [3.05, 3.63) is 42.3 Å². The molecule has 1 atom stereocenters. The van der Waals surface area contributed by atoms with Gasteiger partial charge in [-0.05, 0) is 44.3 Å². The van der Waals surface area contributed by atoms with Crippen LogP contribution in [-0.4, -0.2) is 69.4 Å². The number of nitrogens with zero attached hydrogens (tertiary/aromatic N) is 3. The van der Waals surface area contributed by atoms with Gasteiger partial charge in [0, 0.05) is 37.0 Å². The largest absolute Gasteiger partial charge is 0.443 e. The molecule has 0 aliphatic carbocycles. The van der Waals surface area contributed by atoms with Crippen molar-refractivity contribution in [3.8, 4) is 11.1 Å². The number of cyclic esters (lactones) is 1. The molecule has 176 valence electrons. The zero-order valence-corrected chi connectivity index (χ0v) is 18.5. The summed E-state index contributed by atoms with van der Waals surface area (Å²) in [6.45, 7) is 3.08. The third-order valence-corrected chi connectivity index (χ3v) is 4.66. The fourth-order valence-electron chi connectivity index (χ4n) is 3.18. The highest BCUT2D eigenvalue weighted by atomic mass is 19.1. The molecule has 0 bridgehead atoms. The molecule has 1 aromatic carbocycles. The number of anilines is 2. The number of amides is 2. The lowest BCUT2D eigenvalue weighted by Crippen LogP contribution is -2.30. The first kappa shape index (κ1) is 25.4. The predicted molar refractivity (Wildman–Crippen MR) is 123 cm³/mol. The lowest BCUT2D eigenvalue weighted by atomic mass is 10.1. The fourth-order valence-corrected chi connectivity index (χ4v) is 3.18. The molecule has 11 heteroatoms. The molecule has 1 fully saturated rings. The summed E-state index contributed by atoms with van der Waals surface area (Å²) < 4.78 is 20.0. The van der Waals surface area contributed by atoms with Gasteiger partial charge in [0.1, 0.15) is 24.0 Å². The molecule has 3 N–H and O–H groups in total. The number of hydrogen-bond acceptors (Lipinski definition) is 7. The van der Waals surface area contributed by atoms with Gasteiger partial charge < -0.3 is 25.1 Å². The molecule has 1 aromatic heterocycles. The van der Waals surface area contributed by atoms with Crippen molar-refractivity contribution in [2.75, 3.05) is 43.0 Å². The number of aromatic nitrogens is 1. The topological polar surface area (TPSA) is 128 Å². The van der Waals surface area contributed by atoms with Gasteiger partial charge in [-0.3, -0.25) is 15.1 Å². The maximum atomic E-state index is 14.8. The standard InChI is InChI=1S/C20H23FN6O3.C2H4O/c1-23-10-16-11-27(20(29)30-16)15-3-4-17(18(21)8-15)14-2-5-19(25-9-14)26(12-22)7-6-24-13-28;1-2-3/h2-5,8-9,12-13,16,22-23H,6-7,10-11H2,1H3,(H,24,28);2H,1H3. The summed E-state index contributed by atoms with van der Waals surface area (Å²) in [7, 11) is 1.77. The molecule has 0 spiro atoms. The van der Waals surface area contributed by atoms with Crippen molar-refractivity contribution in [1.29, 1.82) is 5.41 Å². The van der Waals surface area contributed by atoms with Crippen LogP contribution in [0.2, 0.25) is 0 Å². The van der Waals surface area contributed by atoms with E-state index in [2.05, 4.69) is 15.6 Å². The molecular weight excluding hydrogens is 431 g/mol. The molecule has 1 saturated heterocycles. The van der Waals surface area contributed by atoms with E-state index in [0.717, 1.165) is 12.6 Å². The Hall–Kier alpha value is -3.86. The minimum atomic E-state index is -0.496. The average Bonchev–Trinajstić information content (AvgIpc) is 3.18. The molecule has 3 rings (SSSR count). The summed E-state index contributed by atoms with van der Waals surface area (Å²) in [6.07, 6.45) is 3.20. The average molecular weight is 458 g/mol. The number of ether oxygens (including phenoxy) is 1. The molecule has 1 unspecified atom stereocenters. The van der Waals surface area contributed by atoms with E-state index in [1.165, 1.54) is 24.1 Å². The minimum Gasteiger partial charge on any atom is -0.443 e. The Kier molecular flexibility index (Phi) is 9.90. The zero-order chi connectivity index (χ0) is 24.2. The van der Waals surface area contributed by atoms with Crippen molar-refractivity contribution >= 4 is 36.6 Å². The van der Waals surface area contributed by atoms with Crippen LogP contribution >= 0.6 is 0 Å². The smallest absolute Gasteiger partial charge is 0.414 e. The molecular formula is C22H27FN6O4. The zero-order valence-electron chi connectivity index (χ0n) is 18.5. The molecule has 0 radical (unpaired) electrons. The SMILES string of the molecule is CC=O.CNCC1CN(c2ccc(-c3ccc(N(C=N)CCNC=O)nc3)c(F)c2)C(=O)O1. The van der Waals surface area contributed by atoms with Crippen LogP contribution in [-0.2, 0) is 14.3 Å². The third kappa shape index (κ3) is 6.81. The summed E-state index contributed by atoms with van der Waals surface area (Å²) in [5, 5.41) is 13.0. The van der Waals surface area contributed by atoms with E-state index in [-0.39, 0.29) is 6.10 Å². The number of carbonyl (C=O) groups is 3. The third-order valence-electron chi connectivity index (χ3n) is 4.66. The minimum absolute atomic E-state index is 0.277. The van der Waals surface area contributed by atoms with Gasteiger partial charge >= 0.3 is 6.09 Å². The van der Waals surface area contributed by atoms with Gasteiger partial charge in [-0.25, -0.2) is 14.2 Å². The van der Waals surface area contributed by atoms with E-state index in [1.54, 1.807) is 36.2 Å². The first-order valence-electron chi connectivity index (χ1n) is 10.2. The van der Waals surface area contributed by atoms with Gasteiger partial charge in [0.15, 0.2) is 0 Å². The molecule has 2 amide bonds. The maximum absolute atomic E-state index is 14.8. The Morgan fingerprint density at radius 3 is 2.67 bits per heavy atom. The lowest BCUT2D eigenvalue weighted by molar-refractivity contribution is -0.109. The van der Waals surface area contributed by atoms with Gasteiger partial charge in [0.05, 0.1) is 18.6 Å². The number of aldehydes is 1. The van der Waals surface area contributed by atoms with Crippen molar-refractivity contribution in [2.45, 2.75) is 13.0 Å². The van der Waals surface area contributed by atoms with E-state index in [0.29, 0.717) is 55.2 Å². The Labute approximate surface area is 191 Å². The van der Waals surface area contributed by atoms with Gasteiger partial charge in [-0.1, -0.05) is 0 Å². The monoisotopic (exact) mass is 458 g/mol. The first-order chi connectivity index (χ1) is 16.0. The van der Waals surface area contributed by atoms with Crippen LogP contribution in [0.1, 0.15) is 6.92 Å². The highest BCUT2D eigenvalue weighted by Gasteiger charge is 2.32. The molecule has 2 aromatic rings. The van der Waals surface area contributed by atoms with Crippen LogP contribution in [0.3, 0.4) is 0 Å². The Bertz CT molecular complexity index is 956. The Morgan fingerprint density at radius 2 is 2.09 bits per heavy atom. The summed E-state index contributed by atoms with van der Waals surface area (Å²) in [5.41, 5.74) is 1.35. The maximum Gasteiger partial charge on any atom is 0.414 e. The molecule has 2 heterocycles. The molecule has 1 aliphatic heterocycles. The lowest BCUT2D eigenvalue weighted by Gasteiger charge is -2.18. The van der Waals surface area contributed by atoms with Gasteiger partial charge in [-0.2, -0.15) is 0 Å². The predicted octanol–water partition coefficient (Wildman–Crippen LogP) is 1.80. The summed E-state index contributed by atoms with van der Waals surface area (Å²) in [5.74, 6) is 0.0277. The van der Waals surface area contributed by atoms with Crippen LogP contribution in [0.4, 0.5) is 20.7 Å². The highest BCUT2D eigenvalue weighted by Crippen LogP contribution is 2.29. The van der Waals surface area contributed by atoms with Gasteiger partial charge in [0.25, 0.3) is 0 Å². The number of likely N-dealkylation sites (N-methyl/N-ethyl adjacent to an activating group) is 1. The van der Waals surface area contributed by atoms with E-state index in [9.17, 15) is 14.0 Å². The number of hydrogen-bond donors (Lipinski definition) is 3. The molecule has 33 heavy (non-hydrogen) atoms. The Morgan fingerprint density at radius 1 is 1.33 bits per heavy atom.